The number of aromatic nitrogens is 3. The molecule has 0 spiro atoms. The van der Waals surface area contributed by atoms with Crippen molar-refractivity contribution in [2.45, 2.75) is 39.7 Å². The van der Waals surface area contributed by atoms with E-state index in [0.29, 0.717) is 6.04 Å². The van der Waals surface area contributed by atoms with Gasteiger partial charge in [-0.1, -0.05) is 20.8 Å². The summed E-state index contributed by atoms with van der Waals surface area (Å²) in [6, 6.07) is 2.48. The minimum atomic E-state index is 0.265. The Bertz CT molecular complexity index is 551. The average molecular weight is 276 g/mol. The fourth-order valence-corrected chi connectivity index (χ4v) is 3.29. The Morgan fingerprint density at radius 1 is 1.47 bits per heavy atom. The number of hydrogen-bond acceptors (Lipinski definition) is 4. The van der Waals surface area contributed by atoms with Gasteiger partial charge in [-0.2, -0.15) is 5.10 Å². The van der Waals surface area contributed by atoms with E-state index >= 15 is 0 Å². The molecule has 0 bridgehead atoms. The predicted octanol–water partition coefficient (Wildman–Crippen LogP) is 3.33. The Morgan fingerprint density at radius 2 is 2.32 bits per heavy atom. The highest BCUT2D eigenvalue weighted by Crippen LogP contribution is 2.32. The molecule has 0 saturated heterocycles. The lowest BCUT2D eigenvalue weighted by Gasteiger charge is -2.23. The summed E-state index contributed by atoms with van der Waals surface area (Å²) in [4.78, 5) is 4.45. The molecule has 0 saturated carbocycles. The fraction of sp³-hybridized carbons (Fsp3) is 0.571. The van der Waals surface area contributed by atoms with E-state index in [1.54, 1.807) is 11.3 Å². The fourth-order valence-electron chi connectivity index (χ4n) is 2.53. The highest BCUT2D eigenvalue weighted by molar-refractivity contribution is 7.09. The molecule has 0 aliphatic carbocycles. The van der Waals surface area contributed by atoms with Crippen LogP contribution in [-0.2, 0) is 6.42 Å². The first-order valence-electron chi connectivity index (χ1n) is 6.75. The van der Waals surface area contributed by atoms with Gasteiger partial charge in [-0.15, -0.1) is 11.3 Å². The number of thiazole rings is 1. The van der Waals surface area contributed by atoms with Gasteiger partial charge in [0.2, 0.25) is 0 Å². The molecule has 0 fully saturated rings. The van der Waals surface area contributed by atoms with E-state index in [-0.39, 0.29) is 5.41 Å². The van der Waals surface area contributed by atoms with Crippen molar-refractivity contribution in [1.29, 1.82) is 0 Å². The van der Waals surface area contributed by atoms with Gasteiger partial charge in [0.15, 0.2) is 0 Å². The van der Waals surface area contributed by atoms with Gasteiger partial charge >= 0.3 is 0 Å². The summed E-state index contributed by atoms with van der Waals surface area (Å²) in [5.74, 6) is 1.13. The van der Waals surface area contributed by atoms with E-state index in [9.17, 15) is 0 Å². The smallest absolute Gasteiger partial charge is 0.125 e. The third-order valence-corrected chi connectivity index (χ3v) is 4.13. The highest BCUT2D eigenvalue weighted by Gasteiger charge is 2.25. The predicted molar refractivity (Wildman–Crippen MR) is 78.7 cm³/mol. The van der Waals surface area contributed by atoms with Crippen molar-refractivity contribution in [3.8, 4) is 0 Å². The van der Waals surface area contributed by atoms with Crippen LogP contribution in [0.3, 0.4) is 0 Å². The van der Waals surface area contributed by atoms with Crippen molar-refractivity contribution in [2.24, 2.45) is 5.41 Å². The first kappa shape index (κ1) is 12.7. The standard InChI is InChI=1S/C14H20N4S/c1-14(2,3)9-10-8-12-15-5-4-11(18(12)17-10)13-16-6-7-19-13/h6-8,11,15H,4-5,9H2,1-3H3. The van der Waals surface area contributed by atoms with Crippen LogP contribution in [-0.4, -0.2) is 21.3 Å². The summed E-state index contributed by atoms with van der Waals surface area (Å²) < 4.78 is 2.11. The van der Waals surface area contributed by atoms with Crippen LogP contribution in [0.1, 0.15) is 43.9 Å². The summed E-state index contributed by atoms with van der Waals surface area (Å²) in [7, 11) is 0. The van der Waals surface area contributed by atoms with Gasteiger partial charge < -0.3 is 5.32 Å². The van der Waals surface area contributed by atoms with Crippen molar-refractivity contribution in [3.63, 3.8) is 0 Å². The normalized spacial score (nSPS) is 19.0. The van der Waals surface area contributed by atoms with Crippen LogP contribution in [0, 0.1) is 5.41 Å². The molecule has 5 heteroatoms. The van der Waals surface area contributed by atoms with Crippen LogP contribution in [0.5, 0.6) is 0 Å². The molecule has 0 aromatic carbocycles. The van der Waals surface area contributed by atoms with Gasteiger partial charge in [-0.3, -0.25) is 0 Å². The molecule has 1 atom stereocenters. The second-order valence-corrected chi connectivity index (χ2v) is 7.23. The van der Waals surface area contributed by atoms with E-state index in [4.69, 9.17) is 5.10 Å². The second-order valence-electron chi connectivity index (χ2n) is 6.30. The third-order valence-electron chi connectivity index (χ3n) is 3.25. The van der Waals surface area contributed by atoms with Crippen LogP contribution in [0.2, 0.25) is 0 Å². The zero-order valence-electron chi connectivity index (χ0n) is 11.7. The molecule has 2 aromatic heterocycles. The zero-order valence-corrected chi connectivity index (χ0v) is 12.5. The summed E-state index contributed by atoms with van der Waals surface area (Å²) in [6.45, 7) is 7.73. The number of rotatable bonds is 2. The lowest BCUT2D eigenvalue weighted by atomic mass is 9.91. The van der Waals surface area contributed by atoms with Gasteiger partial charge in [0.1, 0.15) is 16.9 Å². The number of nitrogens with zero attached hydrogens (tertiary/aromatic N) is 3. The van der Waals surface area contributed by atoms with Gasteiger partial charge in [0, 0.05) is 24.2 Å². The molecule has 2 aromatic rings. The van der Waals surface area contributed by atoms with E-state index in [1.165, 1.54) is 5.69 Å². The molecule has 4 nitrogen and oxygen atoms in total. The molecule has 102 valence electrons. The molecule has 1 N–H and O–H groups in total. The maximum atomic E-state index is 4.79. The Labute approximate surface area is 117 Å². The molecule has 0 amide bonds. The molecule has 1 aliphatic rings. The lowest BCUT2D eigenvalue weighted by Crippen LogP contribution is -2.24. The average Bonchev–Trinajstić information content (AvgIpc) is 2.93. The first-order valence-corrected chi connectivity index (χ1v) is 7.62. The summed E-state index contributed by atoms with van der Waals surface area (Å²) >= 11 is 1.72. The van der Waals surface area contributed by atoms with E-state index in [0.717, 1.165) is 30.2 Å². The van der Waals surface area contributed by atoms with Gasteiger partial charge in [0.05, 0.1) is 5.69 Å². The van der Waals surface area contributed by atoms with Crippen LogP contribution in [0.25, 0.3) is 0 Å². The lowest BCUT2D eigenvalue weighted by molar-refractivity contribution is 0.399. The number of fused-ring (bicyclic) bond motifs is 1. The monoisotopic (exact) mass is 276 g/mol. The van der Waals surface area contributed by atoms with Crippen molar-refractivity contribution in [1.82, 2.24) is 14.8 Å². The van der Waals surface area contributed by atoms with Gasteiger partial charge in [-0.05, 0) is 18.3 Å². The highest BCUT2D eigenvalue weighted by atomic mass is 32.1. The summed E-state index contributed by atoms with van der Waals surface area (Å²) in [6.07, 6.45) is 3.93. The van der Waals surface area contributed by atoms with Crippen molar-refractivity contribution < 1.29 is 0 Å². The van der Waals surface area contributed by atoms with E-state index in [2.05, 4.69) is 41.8 Å². The van der Waals surface area contributed by atoms with Crippen molar-refractivity contribution in [3.05, 3.63) is 28.3 Å². The zero-order chi connectivity index (χ0) is 13.5. The maximum Gasteiger partial charge on any atom is 0.125 e. The van der Waals surface area contributed by atoms with Crippen LogP contribution in [0.4, 0.5) is 5.82 Å². The van der Waals surface area contributed by atoms with E-state index in [1.807, 2.05) is 11.6 Å². The quantitative estimate of drug-likeness (QED) is 0.915. The Hall–Kier alpha value is -1.36. The summed E-state index contributed by atoms with van der Waals surface area (Å²) in [5, 5.41) is 11.4. The second kappa shape index (κ2) is 4.63. The summed E-state index contributed by atoms with van der Waals surface area (Å²) in [5.41, 5.74) is 1.43. The molecule has 19 heavy (non-hydrogen) atoms. The number of nitrogens with one attached hydrogen (secondary N) is 1. The third kappa shape index (κ3) is 2.66. The topological polar surface area (TPSA) is 42.7 Å². The van der Waals surface area contributed by atoms with Crippen LogP contribution >= 0.6 is 11.3 Å². The van der Waals surface area contributed by atoms with Crippen LogP contribution in [0.15, 0.2) is 17.6 Å². The van der Waals surface area contributed by atoms with Crippen molar-refractivity contribution >= 4 is 17.2 Å². The minimum Gasteiger partial charge on any atom is -0.370 e. The molecule has 3 rings (SSSR count). The number of hydrogen-bond donors (Lipinski definition) is 1. The van der Waals surface area contributed by atoms with E-state index < -0.39 is 0 Å². The molecule has 1 aliphatic heterocycles. The molecule has 0 radical (unpaired) electrons. The SMILES string of the molecule is CC(C)(C)Cc1cc2n(n1)C(c1nccs1)CCN2. The Kier molecular flexibility index (Phi) is 3.09. The minimum absolute atomic E-state index is 0.265. The van der Waals surface area contributed by atoms with Gasteiger partial charge in [0.25, 0.3) is 0 Å². The van der Waals surface area contributed by atoms with Gasteiger partial charge in [-0.25, -0.2) is 9.67 Å². The largest absolute Gasteiger partial charge is 0.370 e. The number of anilines is 1. The van der Waals surface area contributed by atoms with Crippen molar-refractivity contribution in [2.75, 3.05) is 11.9 Å². The Morgan fingerprint density at radius 3 is 3.00 bits per heavy atom. The molecule has 1 unspecified atom stereocenters. The molecular formula is C14H20N4S. The maximum absolute atomic E-state index is 4.79. The van der Waals surface area contributed by atoms with Crippen LogP contribution < -0.4 is 5.32 Å². The molecular weight excluding hydrogens is 256 g/mol. The first-order chi connectivity index (χ1) is 9.03. The Balaban J connectivity index is 1.92. The molecule has 3 heterocycles.